The molecule has 0 saturated heterocycles. The maximum atomic E-state index is 4.20. The van der Waals surface area contributed by atoms with E-state index in [1.54, 1.807) is 0 Å². The van der Waals surface area contributed by atoms with Gasteiger partial charge < -0.3 is 0 Å². The Labute approximate surface area is 87.9 Å². The van der Waals surface area contributed by atoms with E-state index in [2.05, 4.69) is 53.7 Å². The SMILES string of the molecule is Cc1ccc(Br)c(CCCS)c1. The number of benzene rings is 1. The molecule has 0 aliphatic heterocycles. The first-order chi connectivity index (χ1) is 5.74. The molecule has 0 nitrogen and oxygen atoms in total. The fourth-order valence-electron chi connectivity index (χ4n) is 1.16. The van der Waals surface area contributed by atoms with Crippen LogP contribution in [-0.2, 0) is 6.42 Å². The summed E-state index contributed by atoms with van der Waals surface area (Å²) >= 11 is 7.73. The lowest BCUT2D eigenvalue weighted by Crippen LogP contribution is -1.88. The van der Waals surface area contributed by atoms with Crippen LogP contribution in [0, 0.1) is 6.92 Å². The number of rotatable bonds is 3. The summed E-state index contributed by atoms with van der Waals surface area (Å²) in [6.45, 7) is 2.12. The second-order valence-corrected chi connectivity index (χ2v) is 4.22. The van der Waals surface area contributed by atoms with Crippen molar-refractivity contribution in [2.45, 2.75) is 19.8 Å². The minimum Gasteiger partial charge on any atom is -0.179 e. The standard InChI is InChI=1S/C10H13BrS/c1-8-4-5-10(11)9(7-8)3-2-6-12/h4-5,7,12H,2-3,6H2,1H3. The molecule has 0 amide bonds. The Bertz CT molecular complexity index is 258. The summed E-state index contributed by atoms with van der Waals surface area (Å²) in [5.41, 5.74) is 2.72. The van der Waals surface area contributed by atoms with E-state index in [4.69, 9.17) is 0 Å². The molecule has 1 aromatic carbocycles. The fraction of sp³-hybridized carbons (Fsp3) is 0.400. The van der Waals surface area contributed by atoms with Crippen LogP contribution in [0.1, 0.15) is 17.5 Å². The third-order valence-electron chi connectivity index (χ3n) is 1.81. The number of thiol groups is 1. The van der Waals surface area contributed by atoms with Crippen LogP contribution < -0.4 is 0 Å². The highest BCUT2D eigenvalue weighted by Gasteiger charge is 1.98. The number of aryl methyl sites for hydroxylation is 2. The summed E-state index contributed by atoms with van der Waals surface area (Å²) in [6.07, 6.45) is 2.26. The monoisotopic (exact) mass is 244 g/mol. The highest BCUT2D eigenvalue weighted by Crippen LogP contribution is 2.19. The van der Waals surface area contributed by atoms with Crippen molar-refractivity contribution >= 4 is 28.6 Å². The Balaban J connectivity index is 2.75. The van der Waals surface area contributed by atoms with E-state index in [0.29, 0.717) is 0 Å². The number of hydrogen-bond donors (Lipinski definition) is 1. The van der Waals surface area contributed by atoms with Crippen LogP contribution in [0.5, 0.6) is 0 Å². The lowest BCUT2D eigenvalue weighted by Gasteiger charge is -2.03. The van der Waals surface area contributed by atoms with E-state index in [1.165, 1.54) is 15.6 Å². The van der Waals surface area contributed by atoms with Crippen LogP contribution in [0.4, 0.5) is 0 Å². The van der Waals surface area contributed by atoms with Crippen LogP contribution in [0.15, 0.2) is 22.7 Å². The van der Waals surface area contributed by atoms with Gasteiger partial charge in [0, 0.05) is 4.47 Å². The van der Waals surface area contributed by atoms with Gasteiger partial charge in [-0.25, -0.2) is 0 Å². The van der Waals surface area contributed by atoms with Crippen LogP contribution in [-0.4, -0.2) is 5.75 Å². The van der Waals surface area contributed by atoms with Gasteiger partial charge in [0.15, 0.2) is 0 Å². The van der Waals surface area contributed by atoms with Crippen LogP contribution in [0.25, 0.3) is 0 Å². The molecule has 0 bridgehead atoms. The molecule has 0 heterocycles. The maximum absolute atomic E-state index is 4.20. The molecule has 0 radical (unpaired) electrons. The summed E-state index contributed by atoms with van der Waals surface area (Å²) in [5.74, 6) is 0.959. The maximum Gasteiger partial charge on any atom is 0.0207 e. The molecule has 12 heavy (non-hydrogen) atoms. The molecule has 0 fully saturated rings. The van der Waals surface area contributed by atoms with Gasteiger partial charge in [0.2, 0.25) is 0 Å². The molecule has 0 N–H and O–H groups in total. The average Bonchev–Trinajstić information content (AvgIpc) is 2.07. The molecule has 0 aliphatic carbocycles. The van der Waals surface area contributed by atoms with Crippen molar-refractivity contribution in [3.8, 4) is 0 Å². The summed E-state index contributed by atoms with van der Waals surface area (Å²) < 4.78 is 1.22. The molecule has 0 atom stereocenters. The van der Waals surface area contributed by atoms with E-state index in [1.807, 2.05) is 0 Å². The van der Waals surface area contributed by atoms with Gasteiger partial charge in [0.05, 0.1) is 0 Å². The van der Waals surface area contributed by atoms with Crippen LogP contribution >= 0.6 is 28.6 Å². The highest BCUT2D eigenvalue weighted by atomic mass is 79.9. The molecule has 66 valence electrons. The van der Waals surface area contributed by atoms with Gasteiger partial charge in [-0.2, -0.15) is 12.6 Å². The van der Waals surface area contributed by atoms with Gasteiger partial charge in [-0.1, -0.05) is 33.6 Å². The normalized spacial score (nSPS) is 10.2. The second-order valence-electron chi connectivity index (χ2n) is 2.92. The van der Waals surface area contributed by atoms with Crippen molar-refractivity contribution in [1.29, 1.82) is 0 Å². The molecule has 0 aromatic heterocycles. The number of hydrogen-bond acceptors (Lipinski definition) is 1. The van der Waals surface area contributed by atoms with Crippen LogP contribution in [0.2, 0.25) is 0 Å². The fourth-order valence-corrected chi connectivity index (χ4v) is 1.77. The van der Waals surface area contributed by atoms with Crippen molar-refractivity contribution in [2.24, 2.45) is 0 Å². The molecular weight excluding hydrogens is 232 g/mol. The predicted molar refractivity (Wildman–Crippen MR) is 61.1 cm³/mol. The van der Waals surface area contributed by atoms with Crippen molar-refractivity contribution in [3.05, 3.63) is 33.8 Å². The van der Waals surface area contributed by atoms with E-state index in [-0.39, 0.29) is 0 Å². The van der Waals surface area contributed by atoms with E-state index in [9.17, 15) is 0 Å². The van der Waals surface area contributed by atoms with E-state index in [0.717, 1.165) is 18.6 Å². The first kappa shape index (κ1) is 10.1. The Kier molecular flexibility index (Phi) is 4.16. The minimum absolute atomic E-state index is 0.959. The zero-order valence-electron chi connectivity index (χ0n) is 7.18. The highest BCUT2D eigenvalue weighted by molar-refractivity contribution is 9.10. The van der Waals surface area contributed by atoms with Gasteiger partial charge in [0.25, 0.3) is 0 Å². The smallest absolute Gasteiger partial charge is 0.0207 e. The summed E-state index contributed by atoms with van der Waals surface area (Å²) in [6, 6.07) is 6.46. The largest absolute Gasteiger partial charge is 0.179 e. The lowest BCUT2D eigenvalue weighted by atomic mass is 10.1. The number of halogens is 1. The minimum atomic E-state index is 0.959. The molecule has 0 spiro atoms. The first-order valence-corrected chi connectivity index (χ1v) is 5.52. The average molecular weight is 245 g/mol. The molecule has 2 heteroatoms. The summed E-state index contributed by atoms with van der Waals surface area (Å²) in [7, 11) is 0. The summed E-state index contributed by atoms with van der Waals surface area (Å²) in [4.78, 5) is 0. The van der Waals surface area contributed by atoms with Gasteiger partial charge in [0.1, 0.15) is 0 Å². The first-order valence-electron chi connectivity index (χ1n) is 4.10. The quantitative estimate of drug-likeness (QED) is 0.772. The summed E-state index contributed by atoms with van der Waals surface area (Å²) in [5, 5.41) is 0. The Morgan fingerprint density at radius 3 is 2.83 bits per heavy atom. The van der Waals surface area contributed by atoms with Gasteiger partial charge in [-0.15, -0.1) is 0 Å². The molecule has 0 saturated carbocycles. The van der Waals surface area contributed by atoms with Crippen molar-refractivity contribution in [1.82, 2.24) is 0 Å². The van der Waals surface area contributed by atoms with Gasteiger partial charge in [-0.05, 0) is 37.1 Å². The van der Waals surface area contributed by atoms with Crippen molar-refractivity contribution in [2.75, 3.05) is 5.75 Å². The van der Waals surface area contributed by atoms with Gasteiger partial charge >= 0.3 is 0 Å². The second kappa shape index (κ2) is 4.93. The Morgan fingerprint density at radius 1 is 1.42 bits per heavy atom. The van der Waals surface area contributed by atoms with Crippen molar-refractivity contribution < 1.29 is 0 Å². The van der Waals surface area contributed by atoms with Gasteiger partial charge in [-0.3, -0.25) is 0 Å². The Morgan fingerprint density at radius 2 is 2.17 bits per heavy atom. The third-order valence-corrected chi connectivity index (χ3v) is 2.90. The van der Waals surface area contributed by atoms with Crippen molar-refractivity contribution in [3.63, 3.8) is 0 Å². The zero-order chi connectivity index (χ0) is 8.97. The zero-order valence-corrected chi connectivity index (χ0v) is 9.66. The van der Waals surface area contributed by atoms with E-state index >= 15 is 0 Å². The lowest BCUT2D eigenvalue weighted by molar-refractivity contribution is 0.929. The molecule has 1 aromatic rings. The molecular formula is C10H13BrS. The third kappa shape index (κ3) is 2.83. The van der Waals surface area contributed by atoms with E-state index < -0.39 is 0 Å². The molecule has 1 rings (SSSR count). The Hall–Kier alpha value is 0.0500. The van der Waals surface area contributed by atoms with Crippen LogP contribution in [0.3, 0.4) is 0 Å². The predicted octanol–water partition coefficient (Wildman–Crippen LogP) is 3.62. The topological polar surface area (TPSA) is 0 Å². The molecule has 0 unspecified atom stereocenters. The molecule has 0 aliphatic rings.